The predicted octanol–water partition coefficient (Wildman–Crippen LogP) is -2.52. The van der Waals surface area contributed by atoms with Crippen molar-refractivity contribution in [2.75, 3.05) is 79.3 Å². The summed E-state index contributed by atoms with van der Waals surface area (Å²) in [5.41, 5.74) is 0. The van der Waals surface area contributed by atoms with Gasteiger partial charge in [0.25, 0.3) is 0 Å². The Morgan fingerprint density at radius 2 is 0.871 bits per heavy atom. The van der Waals surface area contributed by atoms with Gasteiger partial charge in [-0.2, -0.15) is 0 Å². The molecular weight excluding hydrogens is 420 g/mol. The highest BCUT2D eigenvalue weighted by atomic mass is 16.5. The number of hydrogen-bond acceptors (Lipinski definition) is 12. The lowest BCUT2D eigenvalue weighted by atomic mass is 10.4. The van der Waals surface area contributed by atoms with Crippen molar-refractivity contribution in [3.63, 3.8) is 0 Å². The third-order valence-electron chi connectivity index (χ3n) is 2.91. The summed E-state index contributed by atoms with van der Waals surface area (Å²) in [6, 6.07) is 0. The molecule has 0 saturated carbocycles. The van der Waals surface area contributed by atoms with Gasteiger partial charge in [-0.05, 0) is 20.8 Å². The Morgan fingerprint density at radius 3 is 1.29 bits per heavy atom. The zero-order valence-electron chi connectivity index (χ0n) is 19.0. The van der Waals surface area contributed by atoms with Crippen LogP contribution in [0.2, 0.25) is 0 Å². The summed E-state index contributed by atoms with van der Waals surface area (Å²) in [5, 5.41) is 59.9. The van der Waals surface area contributed by atoms with Crippen molar-refractivity contribution < 1.29 is 59.4 Å². The number of ether oxygens (including phenoxy) is 5. The smallest absolute Gasteiger partial charge is 0.175 e. The first-order chi connectivity index (χ1) is 14.8. The zero-order chi connectivity index (χ0) is 24.3. The van der Waals surface area contributed by atoms with Crippen molar-refractivity contribution in [2.24, 2.45) is 0 Å². The van der Waals surface area contributed by atoms with E-state index in [1.807, 2.05) is 13.8 Å². The molecule has 0 aromatic heterocycles. The fraction of sp³-hybridized carbons (Fsp3) is 1.00. The SMILES string of the molecule is CCOCC(O)COCC(O)CO.CCOCC(O)O.CCOCCOCC(O)CO. The van der Waals surface area contributed by atoms with Crippen LogP contribution in [-0.2, 0) is 23.7 Å². The first-order valence-corrected chi connectivity index (χ1v) is 10.3. The quantitative estimate of drug-likeness (QED) is 0.0834. The minimum atomic E-state index is -1.32. The molecule has 0 spiro atoms. The van der Waals surface area contributed by atoms with E-state index < -0.39 is 24.6 Å². The van der Waals surface area contributed by atoms with E-state index in [4.69, 9.17) is 49.6 Å². The van der Waals surface area contributed by atoms with E-state index in [-0.39, 0.29) is 46.2 Å². The second kappa shape index (κ2) is 29.5. The average Bonchev–Trinajstić information content (AvgIpc) is 2.76. The normalized spacial score (nSPS) is 13.6. The van der Waals surface area contributed by atoms with Crippen LogP contribution in [-0.4, -0.2) is 140 Å². The Morgan fingerprint density at radius 1 is 0.484 bits per heavy atom. The Bertz CT molecular complexity index is 310. The van der Waals surface area contributed by atoms with Crippen LogP contribution in [0.1, 0.15) is 20.8 Å². The monoisotopic (exact) mass is 464 g/mol. The van der Waals surface area contributed by atoms with Gasteiger partial charge in [0.2, 0.25) is 0 Å². The molecule has 192 valence electrons. The molecule has 0 aliphatic rings. The first kappa shape index (κ1) is 35.1. The number of aliphatic hydroxyl groups is 7. The van der Waals surface area contributed by atoms with Crippen molar-refractivity contribution >= 4 is 0 Å². The molecule has 3 unspecified atom stereocenters. The Labute approximate surface area is 184 Å². The van der Waals surface area contributed by atoms with Crippen LogP contribution < -0.4 is 0 Å². The van der Waals surface area contributed by atoms with Crippen LogP contribution in [0, 0.1) is 0 Å². The lowest BCUT2D eigenvalue weighted by Crippen LogP contribution is -2.26. The molecule has 0 saturated heterocycles. The average molecular weight is 465 g/mol. The maximum absolute atomic E-state index is 9.17. The summed E-state index contributed by atoms with van der Waals surface area (Å²) >= 11 is 0. The number of rotatable bonds is 18. The second-order valence-electron chi connectivity index (χ2n) is 5.94. The molecule has 0 aromatic rings. The third kappa shape index (κ3) is 37.2. The molecule has 0 amide bonds. The van der Waals surface area contributed by atoms with Crippen LogP contribution >= 0.6 is 0 Å². The molecule has 0 aliphatic heterocycles. The van der Waals surface area contributed by atoms with E-state index in [1.165, 1.54) is 0 Å². The molecule has 7 N–H and O–H groups in total. The van der Waals surface area contributed by atoms with E-state index >= 15 is 0 Å². The molecule has 3 atom stereocenters. The Hall–Kier alpha value is -0.480. The molecule has 0 rings (SSSR count). The maximum atomic E-state index is 9.17. The molecule has 12 heteroatoms. The highest BCUT2D eigenvalue weighted by Crippen LogP contribution is 1.90. The van der Waals surface area contributed by atoms with Crippen molar-refractivity contribution in [1.29, 1.82) is 0 Å². The maximum Gasteiger partial charge on any atom is 0.175 e. The van der Waals surface area contributed by atoms with Crippen molar-refractivity contribution in [3.05, 3.63) is 0 Å². The minimum absolute atomic E-state index is 0.0104. The van der Waals surface area contributed by atoms with E-state index in [9.17, 15) is 5.11 Å². The Balaban J connectivity index is -0.000000397. The second-order valence-corrected chi connectivity index (χ2v) is 5.94. The fourth-order valence-electron chi connectivity index (χ4n) is 1.45. The van der Waals surface area contributed by atoms with E-state index in [0.29, 0.717) is 33.0 Å². The third-order valence-corrected chi connectivity index (χ3v) is 2.91. The summed E-state index contributed by atoms with van der Waals surface area (Å²) in [6.45, 7) is 8.24. The Kier molecular flexibility index (Phi) is 33.4. The van der Waals surface area contributed by atoms with Gasteiger partial charge in [-0.15, -0.1) is 0 Å². The van der Waals surface area contributed by atoms with Gasteiger partial charge in [-0.1, -0.05) is 0 Å². The van der Waals surface area contributed by atoms with Gasteiger partial charge < -0.3 is 59.4 Å². The minimum Gasteiger partial charge on any atom is -0.394 e. The molecule has 0 radical (unpaired) electrons. The van der Waals surface area contributed by atoms with E-state index in [2.05, 4.69) is 4.74 Å². The molecule has 0 aromatic carbocycles. The molecule has 0 heterocycles. The van der Waals surface area contributed by atoms with E-state index in [1.54, 1.807) is 6.92 Å². The zero-order valence-corrected chi connectivity index (χ0v) is 19.0. The van der Waals surface area contributed by atoms with Gasteiger partial charge in [-0.3, -0.25) is 0 Å². The highest BCUT2D eigenvalue weighted by molar-refractivity contribution is 4.54. The van der Waals surface area contributed by atoms with Crippen LogP contribution in [0.4, 0.5) is 0 Å². The molecule has 0 fully saturated rings. The summed E-state index contributed by atoms with van der Waals surface area (Å²) in [6.07, 6.45) is -3.64. The highest BCUT2D eigenvalue weighted by Gasteiger charge is 2.06. The van der Waals surface area contributed by atoms with Crippen LogP contribution in [0.15, 0.2) is 0 Å². The number of hydrogen-bond donors (Lipinski definition) is 7. The molecule has 31 heavy (non-hydrogen) atoms. The largest absolute Gasteiger partial charge is 0.394 e. The van der Waals surface area contributed by atoms with Crippen LogP contribution in [0.25, 0.3) is 0 Å². The topological polar surface area (TPSA) is 188 Å². The predicted molar refractivity (Wildman–Crippen MR) is 112 cm³/mol. The van der Waals surface area contributed by atoms with Gasteiger partial charge in [0.1, 0.15) is 18.3 Å². The van der Waals surface area contributed by atoms with Gasteiger partial charge >= 0.3 is 0 Å². The van der Waals surface area contributed by atoms with E-state index in [0.717, 1.165) is 0 Å². The first-order valence-electron chi connectivity index (χ1n) is 10.3. The van der Waals surface area contributed by atoms with Crippen LogP contribution in [0.3, 0.4) is 0 Å². The van der Waals surface area contributed by atoms with Gasteiger partial charge in [-0.25, -0.2) is 0 Å². The van der Waals surface area contributed by atoms with Gasteiger partial charge in [0, 0.05) is 19.8 Å². The molecule has 0 bridgehead atoms. The van der Waals surface area contributed by atoms with Gasteiger partial charge in [0.05, 0.1) is 59.5 Å². The van der Waals surface area contributed by atoms with Crippen molar-refractivity contribution in [1.82, 2.24) is 0 Å². The number of aliphatic hydroxyl groups excluding tert-OH is 6. The lowest BCUT2D eigenvalue weighted by Gasteiger charge is -2.12. The standard InChI is InChI=1S/C8H18O5.C7H16O4.C4H10O3/c1-2-12-5-8(11)6-13-4-7(10)3-9;1-2-10-3-4-11-6-7(9)5-8;1-2-7-3-4(5)6/h7-11H,2-6H2,1H3;7-9H,2-6H2,1H3;4-6H,2-3H2,1H3. The summed E-state index contributed by atoms with van der Waals surface area (Å²) < 4.78 is 24.4. The summed E-state index contributed by atoms with van der Waals surface area (Å²) in [7, 11) is 0. The lowest BCUT2D eigenvalue weighted by molar-refractivity contribution is -0.0927. The van der Waals surface area contributed by atoms with Crippen molar-refractivity contribution in [3.8, 4) is 0 Å². The van der Waals surface area contributed by atoms with Crippen LogP contribution in [0.5, 0.6) is 0 Å². The van der Waals surface area contributed by atoms with Crippen molar-refractivity contribution in [2.45, 2.75) is 45.4 Å². The molecule has 12 nitrogen and oxygen atoms in total. The summed E-state index contributed by atoms with van der Waals surface area (Å²) in [4.78, 5) is 0. The fourth-order valence-corrected chi connectivity index (χ4v) is 1.45. The summed E-state index contributed by atoms with van der Waals surface area (Å²) in [5.74, 6) is 0. The molecular formula is C19H44O12. The van der Waals surface area contributed by atoms with Gasteiger partial charge in [0.15, 0.2) is 6.29 Å². The molecule has 0 aliphatic carbocycles.